The predicted octanol–water partition coefficient (Wildman–Crippen LogP) is 6.51. The summed E-state index contributed by atoms with van der Waals surface area (Å²) in [5.41, 5.74) is 3.33. The van der Waals surface area contributed by atoms with Gasteiger partial charge in [-0.3, -0.25) is 4.98 Å². The van der Waals surface area contributed by atoms with Gasteiger partial charge >= 0.3 is 0 Å². The average Bonchev–Trinajstić information content (AvgIpc) is 3.09. The number of benzene rings is 2. The van der Waals surface area contributed by atoms with Crippen LogP contribution in [0.3, 0.4) is 0 Å². The van der Waals surface area contributed by atoms with E-state index in [-0.39, 0.29) is 24.8 Å². The van der Waals surface area contributed by atoms with Crippen molar-refractivity contribution in [1.29, 1.82) is 0 Å². The number of anilines is 1. The minimum Gasteiger partial charge on any atom is -0.382 e. The first-order valence-electron chi connectivity index (χ1n) is 8.96. The van der Waals surface area contributed by atoms with Crippen LogP contribution in [0.1, 0.15) is 24.8 Å². The zero-order chi connectivity index (χ0) is 17.9. The molecular formula is C21H23Cl4N3. The number of pyridine rings is 1. The van der Waals surface area contributed by atoms with Crippen molar-refractivity contribution in [2.75, 3.05) is 5.32 Å². The van der Waals surface area contributed by atoms with E-state index in [9.17, 15) is 0 Å². The van der Waals surface area contributed by atoms with E-state index in [2.05, 4.69) is 27.8 Å². The monoisotopic (exact) mass is 457 g/mol. The molecule has 7 heteroatoms. The summed E-state index contributed by atoms with van der Waals surface area (Å²) >= 11 is 12.0. The van der Waals surface area contributed by atoms with Crippen LogP contribution >= 0.6 is 48.0 Å². The molecule has 1 aromatic heterocycles. The summed E-state index contributed by atoms with van der Waals surface area (Å²) in [4.78, 5) is 4.42. The van der Waals surface area contributed by atoms with Crippen molar-refractivity contribution >= 4 is 64.6 Å². The van der Waals surface area contributed by atoms with Crippen LogP contribution in [0.5, 0.6) is 0 Å². The maximum Gasteiger partial charge on any atom is 0.0737 e. The molecule has 0 bridgehead atoms. The van der Waals surface area contributed by atoms with Crippen LogP contribution in [0.25, 0.3) is 10.9 Å². The molecule has 2 N–H and O–H groups in total. The molecule has 1 aliphatic rings. The van der Waals surface area contributed by atoms with Crippen LogP contribution in [0, 0.1) is 0 Å². The second kappa shape index (κ2) is 10.5. The van der Waals surface area contributed by atoms with Crippen LogP contribution in [0.2, 0.25) is 10.0 Å². The van der Waals surface area contributed by atoms with Crippen molar-refractivity contribution < 1.29 is 0 Å². The highest BCUT2D eigenvalue weighted by atomic mass is 35.5. The van der Waals surface area contributed by atoms with Gasteiger partial charge in [0.15, 0.2) is 0 Å². The van der Waals surface area contributed by atoms with Gasteiger partial charge in [-0.05, 0) is 61.2 Å². The van der Waals surface area contributed by atoms with E-state index in [1.165, 1.54) is 12.0 Å². The van der Waals surface area contributed by atoms with Crippen LogP contribution in [0.4, 0.5) is 5.69 Å². The molecule has 0 saturated heterocycles. The molecule has 0 aliphatic heterocycles. The van der Waals surface area contributed by atoms with Gasteiger partial charge in [-0.2, -0.15) is 0 Å². The normalized spacial score (nSPS) is 18.4. The number of hydrogen-bond donors (Lipinski definition) is 2. The van der Waals surface area contributed by atoms with E-state index in [0.717, 1.165) is 46.0 Å². The summed E-state index contributed by atoms with van der Waals surface area (Å²) in [6.07, 6.45) is 5.30. The van der Waals surface area contributed by atoms with Gasteiger partial charge in [0.2, 0.25) is 0 Å². The number of fused-ring (bicyclic) bond motifs is 1. The summed E-state index contributed by atoms with van der Waals surface area (Å²) in [6.45, 7) is 0.880. The first kappa shape index (κ1) is 23.1. The summed E-state index contributed by atoms with van der Waals surface area (Å²) in [6, 6.07) is 17.0. The predicted molar refractivity (Wildman–Crippen MR) is 125 cm³/mol. The van der Waals surface area contributed by atoms with E-state index in [1.54, 1.807) is 0 Å². The number of nitrogens with zero attached hydrogens (tertiary/aromatic N) is 1. The van der Waals surface area contributed by atoms with Gasteiger partial charge in [0.25, 0.3) is 0 Å². The average molecular weight is 459 g/mol. The Bertz CT molecular complexity index is 902. The SMILES string of the molecule is Cl.Cl.Clc1ccc(CN[C@@H]2CC[C@H](Nc3ccnc4cc(Cl)ccc34)C2)cc1. The molecule has 0 amide bonds. The smallest absolute Gasteiger partial charge is 0.0737 e. The third kappa shape index (κ3) is 5.65. The molecule has 0 unspecified atom stereocenters. The maximum absolute atomic E-state index is 6.08. The molecule has 1 fully saturated rings. The summed E-state index contributed by atoms with van der Waals surface area (Å²) in [7, 11) is 0. The summed E-state index contributed by atoms with van der Waals surface area (Å²) < 4.78 is 0. The van der Waals surface area contributed by atoms with E-state index >= 15 is 0 Å². The second-order valence-electron chi connectivity index (χ2n) is 6.88. The number of halogens is 4. The topological polar surface area (TPSA) is 37.0 Å². The van der Waals surface area contributed by atoms with Crippen LogP contribution in [-0.2, 0) is 6.54 Å². The zero-order valence-electron chi connectivity index (χ0n) is 15.2. The zero-order valence-corrected chi connectivity index (χ0v) is 18.3. The highest BCUT2D eigenvalue weighted by Crippen LogP contribution is 2.28. The molecule has 2 aromatic carbocycles. The fourth-order valence-electron chi connectivity index (χ4n) is 3.63. The van der Waals surface area contributed by atoms with Gasteiger partial charge in [0.1, 0.15) is 0 Å². The Hall–Kier alpha value is -1.23. The molecule has 0 spiro atoms. The van der Waals surface area contributed by atoms with Crippen molar-refractivity contribution in [2.24, 2.45) is 0 Å². The molecular weight excluding hydrogens is 436 g/mol. The van der Waals surface area contributed by atoms with Gasteiger partial charge in [-0.25, -0.2) is 0 Å². The highest BCUT2D eigenvalue weighted by molar-refractivity contribution is 6.31. The Labute approximate surface area is 188 Å². The number of rotatable bonds is 5. The van der Waals surface area contributed by atoms with Gasteiger partial charge < -0.3 is 10.6 Å². The molecule has 2 atom stereocenters. The standard InChI is InChI=1S/C21H21Cl2N3.2ClH/c22-15-3-1-14(2-4-15)13-25-17-6-7-18(12-17)26-20-9-10-24-21-11-16(23)5-8-19(20)21;;/h1-5,8-11,17-18,25H,6-7,12-13H2,(H,24,26);2*1H/t17-,18+;;/m1../s1. The minimum atomic E-state index is 0. The van der Waals surface area contributed by atoms with E-state index in [4.69, 9.17) is 23.2 Å². The molecule has 0 radical (unpaired) electrons. The molecule has 1 saturated carbocycles. The number of aromatic nitrogens is 1. The molecule has 1 heterocycles. The van der Waals surface area contributed by atoms with Crippen molar-refractivity contribution in [1.82, 2.24) is 10.3 Å². The third-order valence-electron chi connectivity index (χ3n) is 5.01. The fourth-order valence-corrected chi connectivity index (χ4v) is 3.92. The first-order chi connectivity index (χ1) is 12.7. The maximum atomic E-state index is 6.08. The Kier molecular flexibility index (Phi) is 8.66. The Morgan fingerprint density at radius 3 is 2.39 bits per heavy atom. The molecule has 1 aliphatic carbocycles. The van der Waals surface area contributed by atoms with Crippen molar-refractivity contribution in [3.8, 4) is 0 Å². The molecule has 28 heavy (non-hydrogen) atoms. The third-order valence-corrected chi connectivity index (χ3v) is 5.49. The van der Waals surface area contributed by atoms with E-state index < -0.39 is 0 Å². The van der Waals surface area contributed by atoms with Gasteiger partial charge in [-0.15, -0.1) is 24.8 Å². The van der Waals surface area contributed by atoms with Crippen LogP contribution in [-0.4, -0.2) is 17.1 Å². The van der Waals surface area contributed by atoms with Crippen molar-refractivity contribution in [3.05, 3.63) is 70.3 Å². The lowest BCUT2D eigenvalue weighted by atomic mass is 10.1. The fraction of sp³-hybridized carbons (Fsp3) is 0.286. The number of nitrogens with one attached hydrogen (secondary N) is 2. The Morgan fingerprint density at radius 2 is 1.61 bits per heavy atom. The van der Waals surface area contributed by atoms with Crippen molar-refractivity contribution in [2.45, 2.75) is 37.9 Å². The lowest BCUT2D eigenvalue weighted by Gasteiger charge is -2.17. The quantitative estimate of drug-likeness (QED) is 0.457. The Morgan fingerprint density at radius 1 is 0.893 bits per heavy atom. The van der Waals surface area contributed by atoms with Crippen LogP contribution < -0.4 is 10.6 Å². The summed E-state index contributed by atoms with van der Waals surface area (Å²) in [5, 5.41) is 9.98. The van der Waals surface area contributed by atoms with Gasteiger partial charge in [-0.1, -0.05) is 35.3 Å². The molecule has 3 nitrogen and oxygen atoms in total. The minimum absolute atomic E-state index is 0. The highest BCUT2D eigenvalue weighted by Gasteiger charge is 2.24. The van der Waals surface area contributed by atoms with Gasteiger partial charge in [0, 0.05) is 45.9 Å². The molecule has 150 valence electrons. The largest absolute Gasteiger partial charge is 0.382 e. The Balaban J connectivity index is 0.00000140. The van der Waals surface area contributed by atoms with Crippen LogP contribution in [0.15, 0.2) is 54.7 Å². The van der Waals surface area contributed by atoms with Gasteiger partial charge in [0.05, 0.1) is 5.52 Å². The molecule has 4 rings (SSSR count). The second-order valence-corrected chi connectivity index (χ2v) is 7.75. The lowest BCUT2D eigenvalue weighted by Crippen LogP contribution is -2.27. The van der Waals surface area contributed by atoms with Crippen molar-refractivity contribution in [3.63, 3.8) is 0 Å². The summed E-state index contributed by atoms with van der Waals surface area (Å²) in [5.74, 6) is 0. The molecule has 3 aromatic rings. The first-order valence-corrected chi connectivity index (χ1v) is 9.71. The van der Waals surface area contributed by atoms with E-state index in [0.29, 0.717) is 12.1 Å². The lowest BCUT2D eigenvalue weighted by molar-refractivity contribution is 0.520. The van der Waals surface area contributed by atoms with E-state index in [1.807, 2.05) is 42.6 Å². The number of hydrogen-bond acceptors (Lipinski definition) is 3.